The Morgan fingerprint density at radius 1 is 1.00 bits per heavy atom. The highest BCUT2D eigenvalue weighted by Crippen LogP contribution is 2.23. The molecular weight excluding hydrogens is 390 g/mol. The van der Waals surface area contributed by atoms with Crippen LogP contribution in [0, 0.1) is 5.92 Å². The molecule has 1 heterocycles. The summed E-state index contributed by atoms with van der Waals surface area (Å²) in [5, 5.41) is 2.99. The van der Waals surface area contributed by atoms with Gasteiger partial charge >= 0.3 is 0 Å². The zero-order valence-corrected chi connectivity index (χ0v) is 18.3. The van der Waals surface area contributed by atoms with Crippen LogP contribution in [0.4, 0.5) is 5.69 Å². The van der Waals surface area contributed by atoms with Crippen LogP contribution in [0.2, 0.25) is 0 Å². The molecule has 6 nitrogen and oxygen atoms in total. The predicted molar refractivity (Wildman–Crippen MR) is 122 cm³/mol. The zero-order chi connectivity index (χ0) is 21.8. The number of nitrogens with one attached hydrogen (secondary N) is 1. The van der Waals surface area contributed by atoms with Crippen LogP contribution in [0.5, 0.6) is 5.75 Å². The number of benzene rings is 2. The molecule has 1 saturated heterocycles. The van der Waals surface area contributed by atoms with Crippen LogP contribution in [0.3, 0.4) is 0 Å². The van der Waals surface area contributed by atoms with Crippen LogP contribution in [0.25, 0.3) is 0 Å². The molecule has 4 rings (SSSR count). The molecule has 1 N–H and O–H groups in total. The van der Waals surface area contributed by atoms with Crippen molar-refractivity contribution in [2.24, 2.45) is 5.92 Å². The van der Waals surface area contributed by atoms with Gasteiger partial charge in [-0.05, 0) is 74.2 Å². The molecule has 2 aromatic rings. The van der Waals surface area contributed by atoms with Crippen LogP contribution in [-0.4, -0.2) is 56.5 Å². The fraction of sp³-hybridized carbons (Fsp3) is 0.440. The van der Waals surface area contributed by atoms with Crippen molar-refractivity contribution in [2.75, 3.05) is 38.7 Å². The lowest BCUT2D eigenvalue weighted by Crippen LogP contribution is -2.41. The third-order valence-corrected chi connectivity index (χ3v) is 5.95. The largest absolute Gasteiger partial charge is 0.493 e. The number of carbonyl (C=O) groups is 2. The molecule has 0 unspecified atom stereocenters. The van der Waals surface area contributed by atoms with Crippen LogP contribution >= 0.6 is 0 Å². The van der Waals surface area contributed by atoms with Crippen molar-refractivity contribution in [2.45, 2.75) is 31.7 Å². The Bertz CT molecular complexity index is 905. The van der Waals surface area contributed by atoms with E-state index < -0.39 is 0 Å². The lowest BCUT2D eigenvalue weighted by Gasteiger charge is -2.32. The maximum Gasteiger partial charge on any atom is 0.253 e. The maximum atomic E-state index is 12.9. The van der Waals surface area contributed by atoms with Gasteiger partial charge in [0.2, 0.25) is 0 Å². The molecular formula is C25H31N3O3. The quantitative estimate of drug-likeness (QED) is 0.742. The van der Waals surface area contributed by atoms with Crippen molar-refractivity contribution in [3.05, 3.63) is 59.7 Å². The van der Waals surface area contributed by atoms with Crippen LogP contribution in [-0.2, 0) is 0 Å². The van der Waals surface area contributed by atoms with Gasteiger partial charge in [-0.1, -0.05) is 0 Å². The summed E-state index contributed by atoms with van der Waals surface area (Å²) in [4.78, 5) is 29.0. The van der Waals surface area contributed by atoms with E-state index >= 15 is 0 Å². The second-order valence-corrected chi connectivity index (χ2v) is 8.78. The van der Waals surface area contributed by atoms with E-state index in [2.05, 4.69) is 5.32 Å². The standard InChI is InChI=1S/C25H31N3O3/c1-27(2)22-11-5-20(6-12-22)25(30)28-15-3-4-18(16-28)17-31-23-13-7-19(8-14-23)24(29)26-21-9-10-21/h5-8,11-14,18,21H,3-4,9-10,15-17H2,1-2H3,(H,26,29)/t18-/m0/s1. The number of likely N-dealkylation sites (tertiary alicyclic amines) is 1. The number of carbonyl (C=O) groups excluding carboxylic acids is 2. The number of amides is 2. The summed E-state index contributed by atoms with van der Waals surface area (Å²) >= 11 is 0. The molecule has 0 radical (unpaired) electrons. The number of ether oxygens (including phenoxy) is 1. The molecule has 0 bridgehead atoms. The number of hydrogen-bond acceptors (Lipinski definition) is 4. The molecule has 1 aliphatic heterocycles. The Kier molecular flexibility index (Phi) is 6.44. The van der Waals surface area contributed by atoms with Gasteiger partial charge in [0.15, 0.2) is 0 Å². The van der Waals surface area contributed by atoms with Crippen LogP contribution in [0.1, 0.15) is 46.4 Å². The molecule has 2 amide bonds. The number of anilines is 1. The van der Waals surface area contributed by atoms with Crippen LogP contribution < -0.4 is 15.0 Å². The molecule has 31 heavy (non-hydrogen) atoms. The van der Waals surface area contributed by atoms with E-state index in [9.17, 15) is 9.59 Å². The Morgan fingerprint density at radius 3 is 2.32 bits per heavy atom. The summed E-state index contributed by atoms with van der Waals surface area (Å²) in [6, 6.07) is 15.4. The van der Waals surface area contributed by atoms with Gasteiger partial charge in [0.25, 0.3) is 11.8 Å². The first-order valence-corrected chi connectivity index (χ1v) is 11.1. The van der Waals surface area contributed by atoms with Gasteiger partial charge in [-0.15, -0.1) is 0 Å². The van der Waals surface area contributed by atoms with E-state index in [0.717, 1.165) is 49.2 Å². The minimum Gasteiger partial charge on any atom is -0.493 e. The smallest absolute Gasteiger partial charge is 0.253 e. The third-order valence-electron chi connectivity index (χ3n) is 5.95. The second-order valence-electron chi connectivity index (χ2n) is 8.78. The fourth-order valence-electron chi connectivity index (χ4n) is 3.88. The Hall–Kier alpha value is -3.02. The molecule has 1 aliphatic carbocycles. The normalized spacial score (nSPS) is 18.4. The van der Waals surface area contributed by atoms with Gasteiger partial charge in [0.05, 0.1) is 6.61 Å². The second kappa shape index (κ2) is 9.41. The summed E-state index contributed by atoms with van der Waals surface area (Å²) in [7, 11) is 3.98. The Labute approximate surface area is 184 Å². The first-order chi connectivity index (χ1) is 15.0. The molecule has 2 fully saturated rings. The molecule has 6 heteroatoms. The van der Waals surface area contributed by atoms with E-state index in [1.54, 1.807) is 12.1 Å². The number of nitrogens with zero attached hydrogens (tertiary/aromatic N) is 2. The summed E-state index contributed by atoms with van der Waals surface area (Å²) in [5.41, 5.74) is 2.47. The first-order valence-electron chi connectivity index (χ1n) is 11.1. The number of piperidine rings is 1. The molecule has 164 valence electrons. The van der Waals surface area contributed by atoms with Crippen molar-refractivity contribution in [1.82, 2.24) is 10.2 Å². The molecule has 2 aromatic carbocycles. The van der Waals surface area contributed by atoms with Gasteiger partial charge < -0.3 is 19.9 Å². The maximum absolute atomic E-state index is 12.9. The van der Waals surface area contributed by atoms with Gasteiger partial charge in [-0.2, -0.15) is 0 Å². The van der Waals surface area contributed by atoms with E-state index in [1.165, 1.54) is 0 Å². The summed E-state index contributed by atoms with van der Waals surface area (Å²) in [6.07, 6.45) is 4.19. The highest BCUT2D eigenvalue weighted by Gasteiger charge is 2.25. The van der Waals surface area contributed by atoms with E-state index in [1.807, 2.05) is 60.3 Å². The topological polar surface area (TPSA) is 61.9 Å². The summed E-state index contributed by atoms with van der Waals surface area (Å²) < 4.78 is 5.97. The lowest BCUT2D eigenvalue weighted by molar-refractivity contribution is 0.0633. The monoisotopic (exact) mass is 421 g/mol. The predicted octanol–water partition coefficient (Wildman–Crippen LogP) is 3.58. The van der Waals surface area contributed by atoms with Crippen molar-refractivity contribution in [3.8, 4) is 5.75 Å². The molecule has 0 aromatic heterocycles. The van der Waals surface area contributed by atoms with Crippen LogP contribution in [0.15, 0.2) is 48.5 Å². The summed E-state index contributed by atoms with van der Waals surface area (Å²) in [5.74, 6) is 1.12. The number of rotatable bonds is 7. The lowest BCUT2D eigenvalue weighted by atomic mass is 9.98. The highest BCUT2D eigenvalue weighted by molar-refractivity contribution is 5.95. The first kappa shape index (κ1) is 21.2. The van der Waals surface area contributed by atoms with Crippen molar-refractivity contribution in [3.63, 3.8) is 0 Å². The Morgan fingerprint density at radius 2 is 1.68 bits per heavy atom. The van der Waals surface area contributed by atoms with Gasteiger partial charge in [-0.25, -0.2) is 0 Å². The fourth-order valence-corrected chi connectivity index (χ4v) is 3.88. The van der Waals surface area contributed by atoms with E-state index in [4.69, 9.17) is 4.74 Å². The van der Waals surface area contributed by atoms with E-state index in [-0.39, 0.29) is 11.8 Å². The van der Waals surface area contributed by atoms with Gasteiger partial charge in [0, 0.05) is 56.0 Å². The van der Waals surface area contributed by atoms with Crippen molar-refractivity contribution < 1.29 is 14.3 Å². The Balaban J connectivity index is 1.28. The molecule has 2 aliphatic rings. The SMILES string of the molecule is CN(C)c1ccc(C(=O)N2CCC[C@H](COc3ccc(C(=O)NC4CC4)cc3)C2)cc1. The third kappa shape index (κ3) is 5.57. The van der Waals surface area contributed by atoms with Gasteiger partial charge in [-0.3, -0.25) is 9.59 Å². The molecule has 1 saturated carbocycles. The molecule has 0 spiro atoms. The highest BCUT2D eigenvalue weighted by atomic mass is 16.5. The van der Waals surface area contributed by atoms with Crippen molar-refractivity contribution >= 4 is 17.5 Å². The van der Waals surface area contributed by atoms with Crippen molar-refractivity contribution in [1.29, 1.82) is 0 Å². The van der Waals surface area contributed by atoms with Gasteiger partial charge in [0.1, 0.15) is 5.75 Å². The number of hydrogen-bond donors (Lipinski definition) is 1. The van der Waals surface area contributed by atoms with E-state index in [0.29, 0.717) is 30.7 Å². The zero-order valence-electron chi connectivity index (χ0n) is 18.3. The minimum atomic E-state index is -0.0194. The average Bonchev–Trinajstić information content (AvgIpc) is 3.62. The molecule has 1 atom stereocenters. The minimum absolute atomic E-state index is 0.0194. The summed E-state index contributed by atoms with van der Waals surface area (Å²) in [6.45, 7) is 2.06. The average molecular weight is 422 g/mol.